The van der Waals surface area contributed by atoms with Crippen LogP contribution in [0.25, 0.3) is 0 Å². The Bertz CT molecular complexity index is 531. The smallest absolute Gasteiger partial charge is 0.231 e. The van der Waals surface area contributed by atoms with E-state index in [4.69, 9.17) is 11.6 Å². The Hall–Kier alpha value is -1.09. The second kappa shape index (κ2) is 4.20. The quantitative estimate of drug-likeness (QED) is 0.846. The van der Waals surface area contributed by atoms with Gasteiger partial charge in [0.2, 0.25) is 5.91 Å². The van der Waals surface area contributed by atoms with Gasteiger partial charge in [-0.1, -0.05) is 6.07 Å². The van der Waals surface area contributed by atoms with E-state index < -0.39 is 0 Å². The molecule has 4 saturated carbocycles. The lowest BCUT2D eigenvalue weighted by Gasteiger charge is -2.59. The first kappa shape index (κ1) is 12.6. The summed E-state index contributed by atoms with van der Waals surface area (Å²) in [7, 11) is 0. The van der Waals surface area contributed by atoms with Crippen molar-refractivity contribution in [2.45, 2.75) is 43.4 Å². The van der Waals surface area contributed by atoms with Gasteiger partial charge in [0, 0.05) is 11.1 Å². The highest BCUT2D eigenvalue weighted by Crippen LogP contribution is 2.63. The molecule has 106 valence electrons. The zero-order chi connectivity index (χ0) is 13.8. The van der Waals surface area contributed by atoms with Crippen molar-refractivity contribution in [3.63, 3.8) is 0 Å². The zero-order valence-electron chi connectivity index (χ0n) is 11.4. The molecule has 1 heterocycles. The molecule has 4 bridgehead atoms. The zero-order valence-corrected chi connectivity index (χ0v) is 12.2. The van der Waals surface area contributed by atoms with E-state index in [-0.39, 0.29) is 16.2 Å². The molecule has 0 spiro atoms. The number of anilines is 1. The lowest BCUT2D eigenvalue weighted by molar-refractivity contribution is -0.138. The maximum atomic E-state index is 12.8. The van der Waals surface area contributed by atoms with Crippen molar-refractivity contribution in [1.29, 1.82) is 0 Å². The molecule has 1 amide bonds. The number of rotatable bonds is 2. The van der Waals surface area contributed by atoms with Crippen molar-refractivity contribution in [2.24, 2.45) is 17.3 Å². The number of nitrogens with zero attached hydrogens (tertiary/aromatic N) is 1. The number of aromatic nitrogens is 1. The molecule has 4 fully saturated rings. The minimum absolute atomic E-state index is 0.120. The second-order valence-corrected chi connectivity index (χ2v) is 7.86. The third-order valence-corrected chi connectivity index (χ3v) is 5.82. The first-order valence-corrected chi connectivity index (χ1v) is 7.86. The summed E-state index contributed by atoms with van der Waals surface area (Å²) in [5.74, 6) is 2.07. The Morgan fingerprint density at radius 3 is 2.60 bits per heavy atom. The number of halogens is 1. The van der Waals surface area contributed by atoms with Crippen molar-refractivity contribution in [2.75, 3.05) is 5.32 Å². The molecule has 0 aromatic carbocycles. The van der Waals surface area contributed by atoms with Crippen LogP contribution in [0.3, 0.4) is 0 Å². The fourth-order valence-corrected chi connectivity index (χ4v) is 5.79. The Morgan fingerprint density at radius 2 is 2.00 bits per heavy atom. The fourth-order valence-electron chi connectivity index (χ4n) is 5.10. The van der Waals surface area contributed by atoms with Gasteiger partial charge in [0.1, 0.15) is 5.82 Å². The summed E-state index contributed by atoms with van der Waals surface area (Å²) in [6.07, 6.45) is 8.04. The highest BCUT2D eigenvalue weighted by atomic mass is 35.5. The maximum Gasteiger partial charge on any atom is 0.231 e. The highest BCUT2D eigenvalue weighted by molar-refractivity contribution is 6.24. The number of nitrogens with one attached hydrogen (secondary N) is 1. The van der Waals surface area contributed by atoms with Crippen LogP contribution in [0.1, 0.15) is 38.5 Å². The normalized spacial score (nSPS) is 41.6. The first-order valence-electron chi connectivity index (χ1n) is 7.48. The average molecular weight is 291 g/mol. The molecule has 3 nitrogen and oxygen atoms in total. The van der Waals surface area contributed by atoms with Gasteiger partial charge in [0.05, 0.1) is 5.41 Å². The summed E-state index contributed by atoms with van der Waals surface area (Å²) >= 11 is 6.77. The van der Waals surface area contributed by atoms with Gasteiger partial charge in [-0.3, -0.25) is 4.79 Å². The molecule has 4 heteroatoms. The van der Waals surface area contributed by atoms with Gasteiger partial charge in [-0.2, -0.15) is 0 Å². The molecule has 1 N–H and O–H groups in total. The van der Waals surface area contributed by atoms with Gasteiger partial charge in [-0.05, 0) is 62.5 Å². The van der Waals surface area contributed by atoms with Crippen LogP contribution >= 0.6 is 11.6 Å². The fraction of sp³-hybridized carbons (Fsp3) is 0.625. The van der Waals surface area contributed by atoms with E-state index in [1.807, 2.05) is 18.2 Å². The topological polar surface area (TPSA) is 42.0 Å². The molecule has 0 radical (unpaired) electrons. The summed E-state index contributed by atoms with van der Waals surface area (Å²) in [6, 6.07) is 5.59. The summed E-state index contributed by atoms with van der Waals surface area (Å²) in [6.45, 7) is 0. The number of hydrogen-bond acceptors (Lipinski definition) is 2. The minimum Gasteiger partial charge on any atom is -0.310 e. The van der Waals surface area contributed by atoms with Crippen LogP contribution in [0.2, 0.25) is 0 Å². The van der Waals surface area contributed by atoms with Crippen molar-refractivity contribution in [3.05, 3.63) is 24.4 Å². The van der Waals surface area contributed by atoms with Gasteiger partial charge in [0.15, 0.2) is 0 Å². The molecular weight excluding hydrogens is 272 g/mol. The van der Waals surface area contributed by atoms with Gasteiger partial charge in [0.25, 0.3) is 0 Å². The van der Waals surface area contributed by atoms with Crippen LogP contribution in [-0.4, -0.2) is 15.8 Å². The molecule has 4 aliphatic rings. The number of amides is 1. The lowest BCUT2D eigenvalue weighted by Crippen LogP contribution is -2.57. The molecule has 0 saturated heterocycles. The molecule has 5 rings (SSSR count). The maximum absolute atomic E-state index is 12.8. The number of carbonyl (C=O) groups is 1. The SMILES string of the molecule is O=C(Nc1ccccn1)C12CC3CC(CC(Cl)(C3)C1)C2. The van der Waals surface area contributed by atoms with Crippen LogP contribution in [0.5, 0.6) is 0 Å². The number of alkyl halides is 1. The van der Waals surface area contributed by atoms with E-state index in [2.05, 4.69) is 10.3 Å². The molecule has 2 unspecified atom stereocenters. The molecule has 4 aliphatic carbocycles. The largest absolute Gasteiger partial charge is 0.310 e. The van der Waals surface area contributed by atoms with E-state index in [1.54, 1.807) is 6.20 Å². The molecule has 2 atom stereocenters. The van der Waals surface area contributed by atoms with Crippen LogP contribution in [0, 0.1) is 17.3 Å². The van der Waals surface area contributed by atoms with Crippen LogP contribution in [0.4, 0.5) is 5.82 Å². The number of pyridine rings is 1. The van der Waals surface area contributed by atoms with Gasteiger partial charge in [-0.25, -0.2) is 4.98 Å². The highest BCUT2D eigenvalue weighted by Gasteiger charge is 2.60. The van der Waals surface area contributed by atoms with Crippen LogP contribution < -0.4 is 5.32 Å². The monoisotopic (exact) mass is 290 g/mol. The van der Waals surface area contributed by atoms with E-state index >= 15 is 0 Å². The standard InChI is InChI=1S/C16H19ClN2O/c17-16-8-11-5-12(9-16)7-15(6-11,10-16)14(20)19-13-3-1-2-4-18-13/h1-4,11-12H,5-10H2,(H,18,19,20). The van der Waals surface area contributed by atoms with E-state index in [0.29, 0.717) is 17.7 Å². The summed E-state index contributed by atoms with van der Waals surface area (Å²) in [5.41, 5.74) is -0.247. The summed E-state index contributed by atoms with van der Waals surface area (Å²) in [4.78, 5) is 16.9. The molecule has 20 heavy (non-hydrogen) atoms. The predicted molar refractivity (Wildman–Crippen MR) is 78.6 cm³/mol. The lowest BCUT2D eigenvalue weighted by atomic mass is 9.49. The Morgan fingerprint density at radius 1 is 1.25 bits per heavy atom. The average Bonchev–Trinajstić information content (AvgIpc) is 2.37. The molecular formula is C16H19ClN2O. The van der Waals surface area contributed by atoms with Crippen molar-refractivity contribution < 1.29 is 4.79 Å². The van der Waals surface area contributed by atoms with Crippen LogP contribution in [-0.2, 0) is 4.79 Å². The van der Waals surface area contributed by atoms with Crippen molar-refractivity contribution >= 4 is 23.3 Å². The Balaban J connectivity index is 1.60. The Kier molecular flexibility index (Phi) is 2.65. The van der Waals surface area contributed by atoms with Gasteiger partial charge >= 0.3 is 0 Å². The van der Waals surface area contributed by atoms with Gasteiger partial charge < -0.3 is 5.32 Å². The second-order valence-electron chi connectivity index (χ2n) is 7.06. The van der Waals surface area contributed by atoms with E-state index in [0.717, 1.165) is 32.1 Å². The van der Waals surface area contributed by atoms with Crippen molar-refractivity contribution in [3.8, 4) is 0 Å². The van der Waals surface area contributed by atoms with Crippen LogP contribution in [0.15, 0.2) is 24.4 Å². The molecule has 0 aliphatic heterocycles. The van der Waals surface area contributed by atoms with E-state index in [9.17, 15) is 4.79 Å². The number of carbonyl (C=O) groups excluding carboxylic acids is 1. The summed E-state index contributed by atoms with van der Waals surface area (Å²) < 4.78 is 0. The van der Waals surface area contributed by atoms with Gasteiger partial charge in [-0.15, -0.1) is 11.6 Å². The predicted octanol–water partition coefficient (Wildman–Crippen LogP) is 3.60. The molecule has 1 aromatic rings. The summed E-state index contributed by atoms with van der Waals surface area (Å²) in [5, 5.41) is 3.01. The number of hydrogen-bond donors (Lipinski definition) is 1. The first-order chi connectivity index (χ1) is 9.57. The van der Waals surface area contributed by atoms with Crippen molar-refractivity contribution in [1.82, 2.24) is 4.98 Å². The minimum atomic E-state index is -0.247. The third kappa shape index (κ3) is 1.95. The third-order valence-electron chi connectivity index (χ3n) is 5.38. The molecule has 1 aromatic heterocycles. The Labute approximate surface area is 124 Å². The van der Waals surface area contributed by atoms with E-state index in [1.165, 1.54) is 6.42 Å².